The highest BCUT2D eigenvalue weighted by Gasteiger charge is 2.31. The number of benzene rings is 1. The van der Waals surface area contributed by atoms with E-state index in [1.165, 1.54) is 9.21 Å². The maximum atomic E-state index is 12.8. The van der Waals surface area contributed by atoms with Crippen LogP contribution in [0.15, 0.2) is 23.1 Å². The molecule has 0 N–H and O–H groups in total. The SMILES string of the molecule is Cc1ccc(S(=O)(=O)N2CCN(C(=O)COC(=O)C(C)C)CC2)c(C)c1. The van der Waals surface area contributed by atoms with E-state index >= 15 is 0 Å². The number of amides is 1. The molecule has 0 atom stereocenters. The van der Waals surface area contributed by atoms with Crippen molar-refractivity contribution in [1.82, 2.24) is 9.21 Å². The summed E-state index contributed by atoms with van der Waals surface area (Å²) in [5.74, 6) is -1.01. The maximum Gasteiger partial charge on any atom is 0.308 e. The normalized spacial score (nSPS) is 16.0. The number of piperazine rings is 1. The molecule has 2 rings (SSSR count). The predicted molar refractivity (Wildman–Crippen MR) is 97.1 cm³/mol. The number of nitrogens with zero attached hydrogens (tertiary/aromatic N) is 2. The summed E-state index contributed by atoms with van der Waals surface area (Å²) in [7, 11) is -3.59. The summed E-state index contributed by atoms with van der Waals surface area (Å²) in [5.41, 5.74) is 1.72. The minimum Gasteiger partial charge on any atom is -0.455 e. The Morgan fingerprint density at radius 2 is 1.73 bits per heavy atom. The van der Waals surface area contributed by atoms with E-state index in [9.17, 15) is 18.0 Å². The third kappa shape index (κ3) is 4.62. The van der Waals surface area contributed by atoms with Gasteiger partial charge < -0.3 is 9.64 Å². The molecule has 0 bridgehead atoms. The van der Waals surface area contributed by atoms with Crippen molar-refractivity contribution in [2.75, 3.05) is 32.8 Å². The highest BCUT2D eigenvalue weighted by atomic mass is 32.2. The Morgan fingerprint density at radius 3 is 2.27 bits per heavy atom. The van der Waals surface area contributed by atoms with Crippen molar-refractivity contribution >= 4 is 21.9 Å². The molecule has 7 nitrogen and oxygen atoms in total. The summed E-state index contributed by atoms with van der Waals surface area (Å²) < 4.78 is 32.0. The Hall–Kier alpha value is -1.93. The molecule has 0 aliphatic carbocycles. The van der Waals surface area contributed by atoms with Gasteiger partial charge in [0.25, 0.3) is 5.91 Å². The van der Waals surface area contributed by atoms with Crippen LogP contribution in [0.5, 0.6) is 0 Å². The molecule has 0 aromatic heterocycles. The van der Waals surface area contributed by atoms with Gasteiger partial charge in [0.1, 0.15) is 0 Å². The van der Waals surface area contributed by atoms with Crippen LogP contribution in [0.2, 0.25) is 0 Å². The van der Waals surface area contributed by atoms with Crippen LogP contribution in [0.3, 0.4) is 0 Å². The van der Waals surface area contributed by atoms with Crippen LogP contribution in [0.4, 0.5) is 0 Å². The van der Waals surface area contributed by atoms with Crippen molar-refractivity contribution in [3.05, 3.63) is 29.3 Å². The van der Waals surface area contributed by atoms with Crippen LogP contribution in [0.1, 0.15) is 25.0 Å². The second kappa shape index (κ2) is 8.18. The van der Waals surface area contributed by atoms with Gasteiger partial charge in [-0.05, 0) is 25.5 Å². The van der Waals surface area contributed by atoms with Gasteiger partial charge in [-0.1, -0.05) is 31.5 Å². The number of rotatable bonds is 5. The Kier molecular flexibility index (Phi) is 6.41. The lowest BCUT2D eigenvalue weighted by molar-refractivity contribution is -0.155. The molecule has 1 aliphatic heterocycles. The Balaban J connectivity index is 1.97. The molecule has 1 fully saturated rings. The zero-order valence-corrected chi connectivity index (χ0v) is 16.5. The quantitative estimate of drug-likeness (QED) is 0.718. The number of ether oxygens (including phenoxy) is 1. The fourth-order valence-corrected chi connectivity index (χ4v) is 4.42. The zero-order valence-electron chi connectivity index (χ0n) is 15.7. The van der Waals surface area contributed by atoms with Crippen molar-refractivity contribution < 1.29 is 22.7 Å². The summed E-state index contributed by atoms with van der Waals surface area (Å²) in [4.78, 5) is 25.4. The Morgan fingerprint density at radius 1 is 1.12 bits per heavy atom. The fourth-order valence-electron chi connectivity index (χ4n) is 2.80. The number of carbonyl (C=O) groups excluding carboxylic acids is 2. The van der Waals surface area contributed by atoms with E-state index in [1.807, 2.05) is 13.0 Å². The lowest BCUT2D eigenvalue weighted by Crippen LogP contribution is -2.51. The van der Waals surface area contributed by atoms with Crippen molar-refractivity contribution in [3.8, 4) is 0 Å². The largest absolute Gasteiger partial charge is 0.455 e. The summed E-state index contributed by atoms with van der Waals surface area (Å²) >= 11 is 0. The molecule has 0 unspecified atom stereocenters. The molecule has 1 heterocycles. The first kappa shape index (κ1) is 20.4. The summed E-state index contributed by atoms with van der Waals surface area (Å²) in [5, 5.41) is 0. The average molecular weight is 382 g/mol. The van der Waals surface area contributed by atoms with Gasteiger partial charge in [-0.2, -0.15) is 4.31 Å². The number of hydrogen-bond donors (Lipinski definition) is 0. The van der Waals surface area contributed by atoms with Gasteiger partial charge >= 0.3 is 5.97 Å². The molecule has 1 aromatic rings. The Bertz CT molecular complexity index is 781. The van der Waals surface area contributed by atoms with Crippen LogP contribution in [0.25, 0.3) is 0 Å². The van der Waals surface area contributed by atoms with Gasteiger partial charge in [-0.3, -0.25) is 9.59 Å². The number of carbonyl (C=O) groups is 2. The lowest BCUT2D eigenvalue weighted by Gasteiger charge is -2.34. The monoisotopic (exact) mass is 382 g/mol. The van der Waals surface area contributed by atoms with Gasteiger partial charge in [-0.25, -0.2) is 8.42 Å². The van der Waals surface area contributed by atoms with E-state index in [-0.39, 0.29) is 44.6 Å². The number of sulfonamides is 1. The van der Waals surface area contributed by atoms with Crippen molar-refractivity contribution in [2.24, 2.45) is 5.92 Å². The van der Waals surface area contributed by atoms with E-state index < -0.39 is 16.0 Å². The van der Waals surface area contributed by atoms with Crippen LogP contribution in [0, 0.1) is 19.8 Å². The molecule has 1 amide bonds. The highest BCUT2D eigenvalue weighted by Crippen LogP contribution is 2.22. The van der Waals surface area contributed by atoms with E-state index in [0.717, 1.165) is 5.56 Å². The highest BCUT2D eigenvalue weighted by molar-refractivity contribution is 7.89. The fraction of sp³-hybridized carbons (Fsp3) is 0.556. The molecule has 144 valence electrons. The van der Waals surface area contributed by atoms with Crippen LogP contribution in [-0.2, 0) is 24.3 Å². The average Bonchev–Trinajstić information content (AvgIpc) is 2.59. The van der Waals surface area contributed by atoms with Crippen LogP contribution < -0.4 is 0 Å². The minimum absolute atomic E-state index is 0.222. The molecular weight excluding hydrogens is 356 g/mol. The van der Waals surface area contributed by atoms with Gasteiger partial charge in [0, 0.05) is 26.2 Å². The van der Waals surface area contributed by atoms with Crippen LogP contribution >= 0.6 is 0 Å². The molecule has 1 aromatic carbocycles. The maximum absolute atomic E-state index is 12.8. The summed E-state index contributed by atoms with van der Waals surface area (Å²) in [6.07, 6.45) is 0. The molecule has 0 saturated carbocycles. The second-order valence-electron chi connectivity index (χ2n) is 6.82. The number of aryl methyl sites for hydroxylation is 2. The topological polar surface area (TPSA) is 84.0 Å². The first-order valence-corrected chi connectivity index (χ1v) is 10.1. The van der Waals surface area contributed by atoms with Gasteiger partial charge in [-0.15, -0.1) is 0 Å². The lowest BCUT2D eigenvalue weighted by atomic mass is 10.2. The van der Waals surface area contributed by atoms with Crippen molar-refractivity contribution in [2.45, 2.75) is 32.6 Å². The third-order valence-corrected chi connectivity index (χ3v) is 6.41. The second-order valence-corrected chi connectivity index (χ2v) is 8.72. The predicted octanol–water partition coefficient (Wildman–Crippen LogP) is 1.34. The summed E-state index contributed by atoms with van der Waals surface area (Å²) in [6, 6.07) is 5.25. The number of hydrogen-bond acceptors (Lipinski definition) is 5. The minimum atomic E-state index is -3.59. The first-order valence-electron chi connectivity index (χ1n) is 8.64. The Labute approximate surface area is 155 Å². The van der Waals surface area contributed by atoms with E-state index in [1.54, 1.807) is 32.9 Å². The molecule has 1 saturated heterocycles. The molecular formula is C18H26N2O5S. The molecule has 0 spiro atoms. The smallest absolute Gasteiger partial charge is 0.308 e. The standard InChI is InChI=1S/C18H26N2O5S/c1-13(2)18(22)25-12-17(21)19-7-9-20(10-8-19)26(23,24)16-6-5-14(3)11-15(16)4/h5-6,11,13H,7-10,12H2,1-4H3. The molecule has 1 aliphatic rings. The van der Waals surface area contributed by atoms with E-state index in [4.69, 9.17) is 4.74 Å². The number of esters is 1. The van der Waals surface area contributed by atoms with Crippen molar-refractivity contribution in [3.63, 3.8) is 0 Å². The van der Waals surface area contributed by atoms with Gasteiger partial charge in [0.15, 0.2) is 6.61 Å². The van der Waals surface area contributed by atoms with E-state index in [0.29, 0.717) is 10.5 Å². The third-order valence-electron chi connectivity index (χ3n) is 4.35. The van der Waals surface area contributed by atoms with Gasteiger partial charge in [0.05, 0.1) is 10.8 Å². The zero-order chi connectivity index (χ0) is 19.5. The first-order chi connectivity index (χ1) is 12.1. The summed E-state index contributed by atoms with van der Waals surface area (Å²) in [6.45, 7) is 7.79. The molecule has 8 heteroatoms. The van der Waals surface area contributed by atoms with E-state index in [2.05, 4.69) is 0 Å². The van der Waals surface area contributed by atoms with Crippen molar-refractivity contribution in [1.29, 1.82) is 0 Å². The van der Waals surface area contributed by atoms with Crippen LogP contribution in [-0.4, -0.2) is 62.3 Å². The van der Waals surface area contributed by atoms with Gasteiger partial charge in [0.2, 0.25) is 10.0 Å². The molecule has 26 heavy (non-hydrogen) atoms. The molecule has 0 radical (unpaired) electrons.